The maximum absolute atomic E-state index is 10.3. The Balaban J connectivity index is 2.53. The van der Waals surface area contributed by atoms with E-state index in [1.54, 1.807) is 18.4 Å². The van der Waals surface area contributed by atoms with Crippen LogP contribution in [0.1, 0.15) is 5.56 Å². The van der Waals surface area contributed by atoms with Crippen molar-refractivity contribution in [3.05, 3.63) is 49.3 Å². The third kappa shape index (κ3) is 5.12. The Morgan fingerprint density at radius 1 is 1.61 bits per heavy atom. The second kappa shape index (κ2) is 7.45. The molecule has 0 bridgehead atoms. The summed E-state index contributed by atoms with van der Waals surface area (Å²) in [7, 11) is 0. The Morgan fingerprint density at radius 3 is 2.89 bits per heavy atom. The summed E-state index contributed by atoms with van der Waals surface area (Å²) in [5, 5.41) is 14.5. The highest BCUT2D eigenvalue weighted by Crippen LogP contribution is 2.17. The summed E-state index contributed by atoms with van der Waals surface area (Å²) >= 11 is 12.9. The molecule has 1 N–H and O–H groups in total. The number of nitrogens with zero attached hydrogens (tertiary/aromatic N) is 2. The van der Waals surface area contributed by atoms with E-state index in [1.807, 2.05) is 0 Å². The van der Waals surface area contributed by atoms with E-state index in [0.717, 1.165) is 11.8 Å². The van der Waals surface area contributed by atoms with E-state index < -0.39 is 4.92 Å². The lowest BCUT2D eigenvalue weighted by Gasteiger charge is -2.07. The summed E-state index contributed by atoms with van der Waals surface area (Å²) in [5.74, 6) is 0. The summed E-state index contributed by atoms with van der Waals surface area (Å²) in [6.45, 7) is 0.531. The van der Waals surface area contributed by atoms with Gasteiger partial charge in [0.15, 0.2) is 0 Å². The van der Waals surface area contributed by atoms with Crippen LogP contribution < -0.4 is 5.32 Å². The highest BCUT2D eigenvalue weighted by molar-refractivity contribution is 8.02. The molecule has 98 valence electrons. The molecule has 0 atom stereocenters. The van der Waals surface area contributed by atoms with Crippen LogP contribution in [0.2, 0.25) is 10.3 Å². The number of nitro groups is 1. The zero-order valence-electron chi connectivity index (χ0n) is 9.52. The van der Waals surface area contributed by atoms with Gasteiger partial charge in [-0.2, -0.15) is 0 Å². The molecule has 1 aromatic rings. The number of pyridine rings is 1. The molecule has 0 unspecified atom stereocenters. The van der Waals surface area contributed by atoms with Gasteiger partial charge in [-0.1, -0.05) is 29.3 Å². The van der Waals surface area contributed by atoms with Crippen molar-refractivity contribution < 1.29 is 4.92 Å². The zero-order valence-corrected chi connectivity index (χ0v) is 11.8. The fourth-order valence-corrected chi connectivity index (χ4v) is 2.09. The van der Waals surface area contributed by atoms with Crippen molar-refractivity contribution in [3.63, 3.8) is 0 Å². The van der Waals surface area contributed by atoms with Gasteiger partial charge >= 0.3 is 0 Å². The number of hydrogen-bond acceptors (Lipinski definition) is 5. The first kappa shape index (κ1) is 15.1. The van der Waals surface area contributed by atoms with Crippen LogP contribution in [0.5, 0.6) is 0 Å². The Morgan fingerprint density at radius 2 is 2.33 bits per heavy atom. The molecule has 5 nitrogen and oxygen atoms in total. The molecule has 1 rings (SSSR count). The van der Waals surface area contributed by atoms with Crippen molar-refractivity contribution in [2.75, 3.05) is 12.8 Å². The first-order valence-corrected chi connectivity index (χ1v) is 6.95. The van der Waals surface area contributed by atoms with Gasteiger partial charge in [-0.15, -0.1) is 11.8 Å². The van der Waals surface area contributed by atoms with Gasteiger partial charge in [0.05, 0.1) is 4.92 Å². The lowest BCUT2D eigenvalue weighted by molar-refractivity contribution is -0.403. The number of halogens is 2. The van der Waals surface area contributed by atoms with E-state index in [9.17, 15) is 10.1 Å². The van der Waals surface area contributed by atoms with Crippen LogP contribution in [0.25, 0.3) is 0 Å². The molecule has 0 fully saturated rings. The average molecular weight is 308 g/mol. The molecule has 1 aromatic heterocycles. The van der Waals surface area contributed by atoms with E-state index in [1.165, 1.54) is 11.8 Å². The minimum absolute atomic E-state index is 0.342. The minimum Gasteiger partial charge on any atom is -0.374 e. The van der Waals surface area contributed by atoms with Crippen LogP contribution >= 0.6 is 35.0 Å². The molecule has 0 aliphatic carbocycles. The van der Waals surface area contributed by atoms with Gasteiger partial charge in [-0.25, -0.2) is 4.98 Å². The monoisotopic (exact) mass is 307 g/mol. The third-order valence-electron chi connectivity index (χ3n) is 2.03. The summed E-state index contributed by atoms with van der Waals surface area (Å²) in [6, 6.07) is 3.44. The topological polar surface area (TPSA) is 68.1 Å². The number of rotatable bonds is 6. The largest absolute Gasteiger partial charge is 0.374 e. The molecular formula is C10H11Cl2N3O2S. The van der Waals surface area contributed by atoms with Crippen molar-refractivity contribution in [2.24, 2.45) is 0 Å². The number of nitrogens with one attached hydrogen (secondary N) is 1. The maximum atomic E-state index is 10.3. The molecule has 1 heterocycles. The van der Waals surface area contributed by atoms with Crippen LogP contribution in [0.4, 0.5) is 0 Å². The Kier molecular flexibility index (Phi) is 6.24. The Hall–Kier alpha value is -0.980. The predicted molar refractivity (Wildman–Crippen MR) is 74.6 cm³/mol. The second-order valence-electron chi connectivity index (χ2n) is 3.24. The van der Waals surface area contributed by atoms with Crippen molar-refractivity contribution >= 4 is 35.0 Å². The first-order valence-electron chi connectivity index (χ1n) is 4.97. The molecular weight excluding hydrogens is 297 g/mol. The Labute approximate surface area is 119 Å². The molecule has 0 aromatic carbocycles. The molecule has 0 aliphatic rings. The molecule has 0 saturated heterocycles. The van der Waals surface area contributed by atoms with Gasteiger partial charge in [-0.3, -0.25) is 10.1 Å². The van der Waals surface area contributed by atoms with Crippen molar-refractivity contribution in [3.8, 4) is 0 Å². The van der Waals surface area contributed by atoms with E-state index in [4.69, 9.17) is 23.2 Å². The van der Waals surface area contributed by atoms with E-state index in [2.05, 4.69) is 10.3 Å². The molecule has 0 aliphatic heterocycles. The van der Waals surface area contributed by atoms with Gasteiger partial charge in [-0.05, 0) is 24.3 Å². The SMILES string of the molecule is CS/C(=C\[N+](=O)[O-])NCCc1ccc(Cl)nc1Cl. The van der Waals surface area contributed by atoms with Crippen LogP contribution in [0.3, 0.4) is 0 Å². The highest BCUT2D eigenvalue weighted by Gasteiger charge is 2.04. The van der Waals surface area contributed by atoms with Gasteiger partial charge in [0.2, 0.25) is 0 Å². The minimum atomic E-state index is -0.490. The number of thioether (sulfide) groups is 1. The quantitative estimate of drug-likeness (QED) is 0.497. The standard InChI is InChI=1S/C10H11Cl2N3O2S/c1-18-9(6-15(16)17)13-5-4-7-2-3-8(11)14-10(7)12/h2-3,6,13H,4-5H2,1H3/b9-6-. The van der Waals surface area contributed by atoms with Crippen molar-refractivity contribution in [2.45, 2.75) is 6.42 Å². The van der Waals surface area contributed by atoms with Gasteiger partial charge < -0.3 is 5.32 Å². The van der Waals surface area contributed by atoms with Gasteiger partial charge in [0.1, 0.15) is 15.3 Å². The molecule has 8 heteroatoms. The maximum Gasteiger partial charge on any atom is 0.263 e. The van der Waals surface area contributed by atoms with Gasteiger partial charge in [0.25, 0.3) is 6.20 Å². The van der Waals surface area contributed by atoms with Crippen LogP contribution in [0.15, 0.2) is 23.4 Å². The normalized spacial score (nSPS) is 11.4. The third-order valence-corrected chi connectivity index (χ3v) is 3.26. The van der Waals surface area contributed by atoms with Crippen LogP contribution in [-0.2, 0) is 6.42 Å². The molecule has 18 heavy (non-hydrogen) atoms. The van der Waals surface area contributed by atoms with E-state index >= 15 is 0 Å². The Bertz CT molecular complexity index is 468. The molecule has 0 amide bonds. The summed E-state index contributed by atoms with van der Waals surface area (Å²) in [6.07, 6.45) is 3.31. The average Bonchev–Trinajstić information content (AvgIpc) is 2.30. The van der Waals surface area contributed by atoms with E-state index in [-0.39, 0.29) is 0 Å². The fourth-order valence-electron chi connectivity index (χ4n) is 1.21. The highest BCUT2D eigenvalue weighted by atomic mass is 35.5. The number of hydrogen-bond donors (Lipinski definition) is 1. The fraction of sp³-hybridized carbons (Fsp3) is 0.300. The second-order valence-corrected chi connectivity index (χ2v) is 4.84. The van der Waals surface area contributed by atoms with Crippen molar-refractivity contribution in [1.82, 2.24) is 10.3 Å². The zero-order chi connectivity index (χ0) is 13.5. The summed E-state index contributed by atoms with van der Waals surface area (Å²) < 4.78 is 0. The van der Waals surface area contributed by atoms with Crippen molar-refractivity contribution in [1.29, 1.82) is 0 Å². The van der Waals surface area contributed by atoms with E-state index in [0.29, 0.717) is 28.3 Å². The lowest BCUT2D eigenvalue weighted by atomic mass is 10.2. The van der Waals surface area contributed by atoms with Gasteiger partial charge in [0, 0.05) is 6.54 Å². The lowest BCUT2D eigenvalue weighted by Crippen LogP contribution is -2.16. The molecule has 0 saturated carbocycles. The summed E-state index contributed by atoms with van der Waals surface area (Å²) in [5.41, 5.74) is 0.843. The molecule has 0 spiro atoms. The van der Waals surface area contributed by atoms with Crippen LogP contribution in [0, 0.1) is 10.1 Å². The summed E-state index contributed by atoms with van der Waals surface area (Å²) in [4.78, 5) is 13.7. The molecule has 0 radical (unpaired) electrons. The predicted octanol–water partition coefficient (Wildman–Crippen LogP) is 2.96. The first-order chi connectivity index (χ1) is 8.52. The van der Waals surface area contributed by atoms with Crippen LogP contribution in [-0.4, -0.2) is 22.7 Å². The smallest absolute Gasteiger partial charge is 0.263 e. The number of aromatic nitrogens is 1.